The molecule has 0 radical (unpaired) electrons. The van der Waals surface area contributed by atoms with Crippen molar-refractivity contribution >= 4 is 12.0 Å². The van der Waals surface area contributed by atoms with E-state index in [2.05, 4.69) is 26.1 Å². The molecular weight excluding hydrogens is 304 g/mol. The summed E-state index contributed by atoms with van der Waals surface area (Å²) in [6.07, 6.45) is 1.37. The van der Waals surface area contributed by atoms with Gasteiger partial charge in [0.05, 0.1) is 12.0 Å². The van der Waals surface area contributed by atoms with Crippen LogP contribution in [0.25, 0.3) is 0 Å². The molecule has 1 aromatic rings. The van der Waals surface area contributed by atoms with E-state index < -0.39 is 11.9 Å². The van der Waals surface area contributed by atoms with E-state index in [-0.39, 0.29) is 24.0 Å². The fraction of sp³-hybridized carbons (Fsp3) is 0.579. The summed E-state index contributed by atoms with van der Waals surface area (Å²) in [5.74, 6) is -1.28. The van der Waals surface area contributed by atoms with Crippen LogP contribution < -0.4 is 5.32 Å². The Bertz CT molecular complexity index is 607. The van der Waals surface area contributed by atoms with E-state index in [1.54, 1.807) is 4.90 Å². The van der Waals surface area contributed by atoms with E-state index in [4.69, 9.17) is 0 Å². The third kappa shape index (κ3) is 4.28. The van der Waals surface area contributed by atoms with Crippen LogP contribution in [0.5, 0.6) is 0 Å². The number of nitrogens with zero attached hydrogens (tertiary/aromatic N) is 1. The number of urea groups is 1. The first-order chi connectivity index (χ1) is 11.2. The Kier molecular flexibility index (Phi) is 5.52. The first-order valence-corrected chi connectivity index (χ1v) is 8.54. The highest BCUT2D eigenvalue weighted by Gasteiger charge is 2.33. The normalized spacial score (nSPS) is 19.7. The number of aryl methyl sites for hydroxylation is 1. The molecular formula is C19H28N2O3. The molecule has 2 amide bonds. The molecule has 0 saturated carbocycles. The third-order valence-corrected chi connectivity index (χ3v) is 4.69. The van der Waals surface area contributed by atoms with Crippen molar-refractivity contribution in [3.05, 3.63) is 35.4 Å². The Morgan fingerprint density at radius 2 is 1.96 bits per heavy atom. The van der Waals surface area contributed by atoms with E-state index >= 15 is 0 Å². The van der Waals surface area contributed by atoms with Gasteiger partial charge in [0.1, 0.15) is 0 Å². The second-order valence-corrected chi connectivity index (χ2v) is 7.73. The van der Waals surface area contributed by atoms with Crippen molar-refractivity contribution in [1.29, 1.82) is 0 Å². The van der Waals surface area contributed by atoms with Gasteiger partial charge in [0, 0.05) is 13.1 Å². The number of carboxylic acid groups (broad SMARTS) is 1. The summed E-state index contributed by atoms with van der Waals surface area (Å²) in [7, 11) is 0. The van der Waals surface area contributed by atoms with Gasteiger partial charge in [-0.15, -0.1) is 0 Å². The molecule has 1 fully saturated rings. The first kappa shape index (κ1) is 18.3. The molecule has 0 aromatic heterocycles. The van der Waals surface area contributed by atoms with Gasteiger partial charge in [-0.25, -0.2) is 4.79 Å². The monoisotopic (exact) mass is 332 g/mol. The second-order valence-electron chi connectivity index (χ2n) is 7.73. The van der Waals surface area contributed by atoms with Crippen LogP contribution in [0.3, 0.4) is 0 Å². The lowest BCUT2D eigenvalue weighted by Gasteiger charge is -2.37. The number of hydrogen-bond acceptors (Lipinski definition) is 2. The molecule has 0 bridgehead atoms. The van der Waals surface area contributed by atoms with Crippen molar-refractivity contribution in [2.45, 2.75) is 46.6 Å². The Balaban J connectivity index is 2.17. The summed E-state index contributed by atoms with van der Waals surface area (Å²) in [4.78, 5) is 25.6. The Morgan fingerprint density at radius 3 is 2.54 bits per heavy atom. The zero-order valence-electron chi connectivity index (χ0n) is 15.0. The SMILES string of the molecule is Cc1ccccc1C(NC(=O)N1CCCC(C(=O)O)C1)C(C)(C)C. The molecule has 1 aliphatic rings. The van der Waals surface area contributed by atoms with Crippen molar-refractivity contribution in [2.75, 3.05) is 13.1 Å². The average molecular weight is 332 g/mol. The van der Waals surface area contributed by atoms with Crippen LogP contribution in [0.1, 0.15) is 50.8 Å². The van der Waals surface area contributed by atoms with E-state index in [0.29, 0.717) is 13.0 Å². The minimum atomic E-state index is -0.821. The lowest BCUT2D eigenvalue weighted by atomic mass is 9.81. The van der Waals surface area contributed by atoms with Crippen molar-refractivity contribution in [2.24, 2.45) is 11.3 Å². The molecule has 2 rings (SSSR count). The van der Waals surface area contributed by atoms with Gasteiger partial charge in [-0.05, 0) is 36.3 Å². The maximum absolute atomic E-state index is 12.7. The van der Waals surface area contributed by atoms with Gasteiger partial charge in [0.2, 0.25) is 0 Å². The Morgan fingerprint density at radius 1 is 1.29 bits per heavy atom. The minimum absolute atomic E-state index is 0.128. The lowest BCUT2D eigenvalue weighted by Crippen LogP contribution is -2.49. The second kappa shape index (κ2) is 7.24. The number of amides is 2. The fourth-order valence-electron chi connectivity index (χ4n) is 3.25. The lowest BCUT2D eigenvalue weighted by molar-refractivity contribution is -0.143. The van der Waals surface area contributed by atoms with Crippen LogP contribution >= 0.6 is 0 Å². The van der Waals surface area contributed by atoms with Crippen molar-refractivity contribution in [1.82, 2.24) is 10.2 Å². The molecule has 2 atom stereocenters. The van der Waals surface area contributed by atoms with Gasteiger partial charge in [-0.1, -0.05) is 45.0 Å². The number of carbonyl (C=O) groups is 2. The van der Waals surface area contributed by atoms with Gasteiger partial charge in [-0.2, -0.15) is 0 Å². The van der Waals surface area contributed by atoms with Gasteiger partial charge in [0.15, 0.2) is 0 Å². The van der Waals surface area contributed by atoms with Gasteiger partial charge >= 0.3 is 12.0 Å². The van der Waals surface area contributed by atoms with E-state index in [1.807, 2.05) is 31.2 Å². The predicted molar refractivity (Wildman–Crippen MR) is 93.8 cm³/mol. The number of benzene rings is 1. The maximum atomic E-state index is 12.7. The minimum Gasteiger partial charge on any atom is -0.481 e. The number of carboxylic acids is 1. The summed E-state index contributed by atoms with van der Waals surface area (Å²) in [5.41, 5.74) is 2.09. The molecule has 1 saturated heterocycles. The number of carbonyl (C=O) groups excluding carboxylic acids is 1. The summed E-state index contributed by atoms with van der Waals surface area (Å²) >= 11 is 0. The van der Waals surface area contributed by atoms with Crippen LogP contribution in [-0.2, 0) is 4.79 Å². The molecule has 2 unspecified atom stereocenters. The average Bonchev–Trinajstić information content (AvgIpc) is 2.52. The summed E-state index contributed by atoms with van der Waals surface area (Å²) in [6, 6.07) is 7.75. The maximum Gasteiger partial charge on any atom is 0.317 e. The topological polar surface area (TPSA) is 69.6 Å². The first-order valence-electron chi connectivity index (χ1n) is 8.54. The number of likely N-dealkylation sites (tertiary alicyclic amines) is 1. The fourth-order valence-corrected chi connectivity index (χ4v) is 3.25. The highest BCUT2D eigenvalue weighted by molar-refractivity contribution is 5.77. The Labute approximate surface area is 144 Å². The molecule has 0 aliphatic carbocycles. The van der Waals surface area contributed by atoms with Crippen LogP contribution in [-0.4, -0.2) is 35.1 Å². The largest absolute Gasteiger partial charge is 0.481 e. The third-order valence-electron chi connectivity index (χ3n) is 4.69. The van der Waals surface area contributed by atoms with Crippen molar-refractivity contribution in [3.8, 4) is 0 Å². The zero-order valence-corrected chi connectivity index (χ0v) is 15.0. The number of nitrogens with one attached hydrogen (secondary N) is 1. The Hall–Kier alpha value is -2.04. The number of piperidine rings is 1. The zero-order chi connectivity index (χ0) is 17.9. The van der Waals surface area contributed by atoms with Crippen molar-refractivity contribution in [3.63, 3.8) is 0 Å². The highest BCUT2D eigenvalue weighted by atomic mass is 16.4. The molecule has 2 N–H and O–H groups in total. The smallest absolute Gasteiger partial charge is 0.317 e. The van der Waals surface area contributed by atoms with Gasteiger partial charge < -0.3 is 15.3 Å². The summed E-state index contributed by atoms with van der Waals surface area (Å²) in [6.45, 7) is 9.23. The van der Waals surface area contributed by atoms with E-state index in [0.717, 1.165) is 17.5 Å². The van der Waals surface area contributed by atoms with Gasteiger partial charge in [0.25, 0.3) is 0 Å². The molecule has 132 valence electrons. The van der Waals surface area contributed by atoms with Crippen LogP contribution in [0.4, 0.5) is 4.79 Å². The summed E-state index contributed by atoms with van der Waals surface area (Å²) < 4.78 is 0. The van der Waals surface area contributed by atoms with E-state index in [1.165, 1.54) is 0 Å². The molecule has 1 aliphatic heterocycles. The predicted octanol–water partition coefficient (Wildman–Crippen LogP) is 3.59. The molecule has 1 heterocycles. The number of aliphatic carboxylic acids is 1. The molecule has 0 spiro atoms. The van der Waals surface area contributed by atoms with Crippen LogP contribution in [0.15, 0.2) is 24.3 Å². The molecule has 1 aromatic carbocycles. The molecule has 5 nitrogen and oxygen atoms in total. The van der Waals surface area contributed by atoms with Gasteiger partial charge in [-0.3, -0.25) is 4.79 Å². The van der Waals surface area contributed by atoms with E-state index in [9.17, 15) is 14.7 Å². The molecule has 5 heteroatoms. The molecule has 24 heavy (non-hydrogen) atoms. The van der Waals surface area contributed by atoms with Crippen LogP contribution in [0, 0.1) is 18.3 Å². The highest BCUT2D eigenvalue weighted by Crippen LogP contribution is 2.34. The standard InChI is InChI=1S/C19H28N2O3/c1-13-8-5-6-10-15(13)16(19(2,3)4)20-18(24)21-11-7-9-14(12-21)17(22)23/h5-6,8,10,14,16H,7,9,11-12H2,1-4H3,(H,20,24)(H,22,23). The number of hydrogen-bond donors (Lipinski definition) is 2. The quantitative estimate of drug-likeness (QED) is 0.889. The number of rotatable bonds is 3. The van der Waals surface area contributed by atoms with Crippen LogP contribution in [0.2, 0.25) is 0 Å². The van der Waals surface area contributed by atoms with Crippen molar-refractivity contribution < 1.29 is 14.7 Å². The summed E-state index contributed by atoms with van der Waals surface area (Å²) in [5, 5.41) is 12.3.